The molecule has 3 rings (SSSR count). The molecule has 0 heterocycles. The highest BCUT2D eigenvalue weighted by atomic mass is 16.7. The first-order valence-corrected chi connectivity index (χ1v) is 9.53. The van der Waals surface area contributed by atoms with Gasteiger partial charge in [0, 0.05) is 26.6 Å². The first kappa shape index (κ1) is 16.7. The van der Waals surface area contributed by atoms with E-state index >= 15 is 0 Å². The second kappa shape index (κ2) is 9.03. The van der Waals surface area contributed by atoms with Crippen LogP contribution in [0.1, 0.15) is 31.3 Å². The maximum absolute atomic E-state index is 12.1. The lowest BCUT2D eigenvalue weighted by atomic mass is 9.93. The van der Waals surface area contributed by atoms with Crippen molar-refractivity contribution in [1.82, 2.24) is 5.32 Å². The first-order valence-electron chi connectivity index (χ1n) is 12.0. The Morgan fingerprint density at radius 2 is 1.97 bits per heavy atom. The number of nitrogens with one attached hydrogen (secondary N) is 1. The molecule has 0 fully saturated rings. The molecule has 31 heavy (non-hydrogen) atoms. The number of benzene rings is 1. The van der Waals surface area contributed by atoms with Crippen molar-refractivity contribution in [3.8, 4) is 17.2 Å². The minimum atomic E-state index is -3.09. The van der Waals surface area contributed by atoms with E-state index in [1.165, 1.54) is 34.3 Å². The van der Waals surface area contributed by atoms with Gasteiger partial charge in [-0.1, -0.05) is 6.08 Å². The number of ether oxygens (including phenoxy) is 5. The molecule has 1 amide bonds. The van der Waals surface area contributed by atoms with Crippen LogP contribution in [0.5, 0.6) is 17.2 Å². The zero-order chi connectivity index (χ0) is 27.0. The number of methoxy groups -OCH3 is 5. The van der Waals surface area contributed by atoms with Crippen molar-refractivity contribution in [2.24, 2.45) is 0 Å². The lowest BCUT2D eigenvalue weighted by Gasteiger charge is -2.26. The summed E-state index contributed by atoms with van der Waals surface area (Å²) in [5, 5.41) is 13.9. The van der Waals surface area contributed by atoms with Gasteiger partial charge < -0.3 is 34.1 Å². The van der Waals surface area contributed by atoms with Gasteiger partial charge in [0.05, 0.1) is 34.2 Å². The zero-order valence-electron chi connectivity index (χ0n) is 23.0. The molecule has 8 nitrogen and oxygen atoms in total. The van der Waals surface area contributed by atoms with Gasteiger partial charge in [0.2, 0.25) is 17.4 Å². The Morgan fingerprint density at radius 1 is 1.23 bits per heavy atom. The van der Waals surface area contributed by atoms with E-state index in [1.807, 2.05) is 0 Å². The third-order valence-corrected chi connectivity index (χ3v) is 5.30. The summed E-state index contributed by atoms with van der Waals surface area (Å²) in [5.41, 5.74) is 1.49. The van der Waals surface area contributed by atoms with Crippen LogP contribution in [-0.2, 0) is 20.7 Å². The SMILES string of the molecule is [2H]C1=CC2=C(C([2H])=C(O)[C@@]1(OC)OC([2H])([2H])[2H])[C@@H](NC(C)=O)CCc1cc(OC)c(OC)c(OC)c12. The first-order chi connectivity index (χ1) is 16.8. The van der Waals surface area contributed by atoms with Crippen LogP contribution in [0.4, 0.5) is 0 Å². The molecule has 0 aromatic heterocycles. The predicted octanol–water partition coefficient (Wildman–Crippen LogP) is 2.92. The van der Waals surface area contributed by atoms with E-state index in [0.717, 1.165) is 7.11 Å². The minimum absolute atomic E-state index is 0.129. The molecule has 0 saturated heterocycles. The number of aryl methyl sites for hydroxylation is 1. The molecule has 2 aliphatic rings. The summed E-state index contributed by atoms with van der Waals surface area (Å²) in [6, 6.07) is -0.196. The Hall–Kier alpha value is -2.97. The van der Waals surface area contributed by atoms with Gasteiger partial charge in [-0.15, -0.1) is 0 Å². The smallest absolute Gasteiger partial charge is 0.247 e. The average Bonchev–Trinajstić information content (AvgIpc) is 2.99. The normalized spacial score (nSPS) is 25.9. The molecule has 0 spiro atoms. The molecule has 168 valence electrons. The summed E-state index contributed by atoms with van der Waals surface area (Å²) in [5.74, 6) is -3.04. The van der Waals surface area contributed by atoms with E-state index in [1.54, 1.807) is 6.07 Å². The van der Waals surface area contributed by atoms with Gasteiger partial charge >= 0.3 is 0 Å². The molecule has 2 aliphatic carbocycles. The monoisotopic (exact) mass is 436 g/mol. The molecule has 0 unspecified atom stereocenters. The molecule has 1 aromatic rings. The van der Waals surface area contributed by atoms with Crippen molar-refractivity contribution in [2.75, 3.05) is 35.5 Å². The van der Waals surface area contributed by atoms with E-state index < -0.39 is 36.7 Å². The quantitative estimate of drug-likeness (QED) is 0.662. The van der Waals surface area contributed by atoms with Gasteiger partial charge in [-0.3, -0.25) is 4.79 Å². The highest BCUT2D eigenvalue weighted by molar-refractivity contribution is 5.88. The number of carbonyl (C=O) groups is 1. The Labute approximate surface area is 189 Å². The molecule has 2 atom stereocenters. The summed E-state index contributed by atoms with van der Waals surface area (Å²) >= 11 is 0. The van der Waals surface area contributed by atoms with Crippen molar-refractivity contribution in [1.29, 1.82) is 0 Å². The molecule has 0 saturated carbocycles. The molecule has 8 heteroatoms. The number of aliphatic hydroxyl groups is 1. The summed E-state index contributed by atoms with van der Waals surface area (Å²) in [6.07, 6.45) is 1.96. The third kappa shape index (κ3) is 3.88. The van der Waals surface area contributed by atoms with Crippen molar-refractivity contribution >= 4 is 11.5 Å². The summed E-state index contributed by atoms with van der Waals surface area (Å²) in [4.78, 5) is 12.1. The standard InChI is InChI=1S/C23H29NO7/c1-13(25)24-17-8-7-14-11-18(27-2)21(28-3)22(29-4)20(14)15-9-10-23(30-5,31-6)19(26)12-16(15)17/h9-12,17,26H,7-8H2,1-6H3,(H,24,25)/t17-/m0/s1/i5D3,10D,12D/t17-,23+. The number of hydrogen-bond donors (Lipinski definition) is 2. The number of carbonyl (C=O) groups excluding carboxylic acids is 1. The van der Waals surface area contributed by atoms with Crippen molar-refractivity contribution in [2.45, 2.75) is 31.6 Å². The number of amides is 1. The lowest BCUT2D eigenvalue weighted by molar-refractivity contribution is -0.161. The zero-order valence-corrected chi connectivity index (χ0v) is 18.0. The van der Waals surface area contributed by atoms with Crippen LogP contribution in [0.3, 0.4) is 0 Å². The van der Waals surface area contributed by atoms with Crippen LogP contribution in [0.25, 0.3) is 5.57 Å². The predicted molar refractivity (Wildman–Crippen MR) is 116 cm³/mol. The summed E-state index contributed by atoms with van der Waals surface area (Å²) in [7, 11) is 2.29. The molecule has 0 aliphatic heterocycles. The van der Waals surface area contributed by atoms with Gasteiger partial charge in [0.15, 0.2) is 17.3 Å². The maximum atomic E-state index is 12.1. The molecule has 2 N–H and O–H groups in total. The number of hydrogen-bond acceptors (Lipinski definition) is 7. The topological polar surface area (TPSA) is 95.5 Å². The molecule has 1 aromatic carbocycles. The number of aliphatic hydroxyl groups excluding tert-OH is 1. The molecular weight excluding hydrogens is 402 g/mol. The van der Waals surface area contributed by atoms with E-state index in [2.05, 4.69) is 5.32 Å². The van der Waals surface area contributed by atoms with Gasteiger partial charge in [-0.25, -0.2) is 0 Å². The number of fused-ring (bicyclic) bond motifs is 2. The second-order valence-corrected chi connectivity index (χ2v) is 6.98. The highest BCUT2D eigenvalue weighted by Gasteiger charge is 2.37. The number of rotatable bonds is 6. The van der Waals surface area contributed by atoms with E-state index in [0.29, 0.717) is 29.7 Å². The Kier molecular flexibility index (Phi) is 4.86. The molecule has 0 bridgehead atoms. The van der Waals surface area contributed by atoms with Gasteiger partial charge in [-0.05, 0) is 47.7 Å². The van der Waals surface area contributed by atoms with E-state index in [4.69, 9.17) is 30.5 Å². The highest BCUT2D eigenvalue weighted by Crippen LogP contribution is 2.48. The largest absolute Gasteiger partial charge is 0.506 e. The maximum Gasteiger partial charge on any atom is 0.247 e. The Morgan fingerprint density at radius 3 is 2.55 bits per heavy atom. The van der Waals surface area contributed by atoms with Crippen LogP contribution in [0.2, 0.25) is 0 Å². The van der Waals surface area contributed by atoms with Crippen molar-refractivity contribution in [3.63, 3.8) is 0 Å². The Balaban J connectivity index is 2.49. The van der Waals surface area contributed by atoms with Gasteiger partial charge in [-0.2, -0.15) is 0 Å². The number of allylic oxidation sites excluding steroid dienone is 2. The summed E-state index contributed by atoms with van der Waals surface area (Å²) < 4.78 is 67.3. The lowest BCUT2D eigenvalue weighted by Crippen LogP contribution is -2.36. The fraction of sp³-hybridized carbons (Fsp3) is 0.435. The summed E-state index contributed by atoms with van der Waals surface area (Å²) in [6.45, 7) is 1.32. The van der Waals surface area contributed by atoms with Crippen LogP contribution >= 0.6 is 0 Å². The van der Waals surface area contributed by atoms with Crippen molar-refractivity contribution < 1.29 is 40.4 Å². The minimum Gasteiger partial charge on any atom is -0.506 e. The van der Waals surface area contributed by atoms with Crippen LogP contribution in [-0.4, -0.2) is 58.3 Å². The fourth-order valence-electron chi connectivity index (χ4n) is 3.88. The van der Waals surface area contributed by atoms with Gasteiger partial charge in [0.25, 0.3) is 0 Å². The fourth-order valence-corrected chi connectivity index (χ4v) is 3.88. The third-order valence-electron chi connectivity index (χ3n) is 5.30. The van der Waals surface area contributed by atoms with Crippen LogP contribution in [0.15, 0.2) is 35.6 Å². The average molecular weight is 437 g/mol. The van der Waals surface area contributed by atoms with E-state index in [-0.39, 0.29) is 28.6 Å². The molecular formula is C23H29NO7. The van der Waals surface area contributed by atoms with Gasteiger partial charge in [0.1, 0.15) is 0 Å². The van der Waals surface area contributed by atoms with Crippen molar-refractivity contribution in [3.05, 3.63) is 46.7 Å². The second-order valence-electron chi connectivity index (χ2n) is 6.98. The van der Waals surface area contributed by atoms with E-state index in [9.17, 15) is 9.90 Å². The van der Waals surface area contributed by atoms with Crippen LogP contribution < -0.4 is 19.5 Å². The van der Waals surface area contributed by atoms with Crippen LogP contribution in [0, 0.1) is 0 Å². The Bertz CT molecular complexity index is 1160. The molecule has 0 radical (unpaired) electrons.